The molecule has 142 valence electrons. The van der Waals surface area contributed by atoms with Gasteiger partial charge in [0.2, 0.25) is 5.78 Å². The van der Waals surface area contributed by atoms with Gasteiger partial charge in [-0.25, -0.2) is 4.68 Å². The highest BCUT2D eigenvalue weighted by molar-refractivity contribution is 6.14. The molecule has 0 saturated heterocycles. The molecule has 0 atom stereocenters. The van der Waals surface area contributed by atoms with Gasteiger partial charge in [0.25, 0.3) is 0 Å². The van der Waals surface area contributed by atoms with Crippen molar-refractivity contribution in [1.82, 2.24) is 14.3 Å². The number of allylic oxidation sites excluding steroid dienone is 1. The van der Waals surface area contributed by atoms with Gasteiger partial charge in [-0.05, 0) is 58.4 Å². The molecule has 0 unspecified atom stereocenters. The smallest absolute Gasteiger partial charge is 0.203 e. The molecule has 3 rings (SSSR count). The van der Waals surface area contributed by atoms with Crippen molar-refractivity contribution >= 4 is 11.9 Å². The van der Waals surface area contributed by atoms with Gasteiger partial charge >= 0.3 is 0 Å². The molecule has 0 saturated carbocycles. The van der Waals surface area contributed by atoms with E-state index in [2.05, 4.69) is 29.6 Å². The third-order valence-corrected chi connectivity index (χ3v) is 4.78. The van der Waals surface area contributed by atoms with Crippen LogP contribution >= 0.6 is 0 Å². The third kappa shape index (κ3) is 3.54. The molecule has 3 aromatic rings. The fourth-order valence-electron chi connectivity index (χ4n) is 3.41. The van der Waals surface area contributed by atoms with Crippen LogP contribution in [-0.2, 0) is 0 Å². The van der Waals surface area contributed by atoms with Gasteiger partial charge in [-0.3, -0.25) is 4.79 Å². The molecule has 0 aliphatic carbocycles. The molecule has 2 heterocycles. The number of aromatic nitrogens is 3. The summed E-state index contributed by atoms with van der Waals surface area (Å²) in [5, 5.41) is 14.0. The maximum atomic E-state index is 12.8. The lowest BCUT2D eigenvalue weighted by molar-refractivity contribution is 0.104. The fourth-order valence-corrected chi connectivity index (χ4v) is 3.41. The van der Waals surface area contributed by atoms with E-state index in [1.807, 2.05) is 49.7 Å². The van der Waals surface area contributed by atoms with Crippen LogP contribution in [0.4, 0.5) is 0 Å². The summed E-state index contributed by atoms with van der Waals surface area (Å²) in [6.07, 6.45) is 3.46. The number of benzene rings is 1. The first-order chi connectivity index (χ1) is 13.3. The Morgan fingerprint density at radius 2 is 1.93 bits per heavy atom. The first-order valence-corrected chi connectivity index (χ1v) is 9.29. The Bertz CT molecular complexity index is 1110. The van der Waals surface area contributed by atoms with Gasteiger partial charge in [0, 0.05) is 29.1 Å². The van der Waals surface area contributed by atoms with Crippen molar-refractivity contribution in [2.45, 2.75) is 40.7 Å². The monoisotopic (exact) mass is 372 g/mol. The van der Waals surface area contributed by atoms with E-state index in [-0.39, 0.29) is 17.4 Å². The highest BCUT2D eigenvalue weighted by Crippen LogP contribution is 2.25. The summed E-state index contributed by atoms with van der Waals surface area (Å²) in [5.41, 5.74) is 4.48. The molecule has 5 heteroatoms. The topological polar surface area (TPSA) is 63.6 Å². The molecule has 0 fully saturated rings. The van der Waals surface area contributed by atoms with Crippen LogP contribution in [-0.4, -0.2) is 20.1 Å². The van der Waals surface area contributed by atoms with Crippen LogP contribution in [0.15, 0.2) is 48.2 Å². The second-order valence-corrected chi connectivity index (χ2v) is 7.26. The Labute approximate surface area is 165 Å². The van der Waals surface area contributed by atoms with Gasteiger partial charge < -0.3 is 4.57 Å². The van der Waals surface area contributed by atoms with Gasteiger partial charge in [-0.1, -0.05) is 23.8 Å². The van der Waals surface area contributed by atoms with E-state index in [1.54, 1.807) is 24.4 Å². The molecule has 2 aromatic heterocycles. The normalized spacial score (nSPS) is 11.7. The number of Topliss-reactive ketones (excluding diaryl/α,β-unsaturated/α-hetero) is 1. The summed E-state index contributed by atoms with van der Waals surface area (Å²) in [4.78, 5) is 12.8. The number of carbonyl (C=O) groups is 1. The fraction of sp³-hybridized carbons (Fsp3) is 0.261. The Hall–Kier alpha value is -3.39. The lowest BCUT2D eigenvalue weighted by Gasteiger charge is -2.15. The molecule has 0 aliphatic rings. The van der Waals surface area contributed by atoms with E-state index in [4.69, 9.17) is 0 Å². The molecule has 5 nitrogen and oxygen atoms in total. The number of hydrogen-bond donors (Lipinski definition) is 0. The molecule has 0 amide bonds. The number of rotatable bonds is 5. The highest BCUT2D eigenvalue weighted by Gasteiger charge is 2.17. The lowest BCUT2D eigenvalue weighted by atomic mass is 10.0. The van der Waals surface area contributed by atoms with Gasteiger partial charge in [0.05, 0.1) is 6.20 Å². The zero-order chi connectivity index (χ0) is 20.4. The van der Waals surface area contributed by atoms with Crippen LogP contribution < -0.4 is 0 Å². The molecule has 0 N–H and O–H groups in total. The van der Waals surface area contributed by atoms with E-state index in [1.165, 1.54) is 0 Å². The maximum absolute atomic E-state index is 12.8. The lowest BCUT2D eigenvalue weighted by Crippen LogP contribution is -2.11. The predicted octanol–water partition coefficient (Wildman–Crippen LogP) is 4.97. The van der Waals surface area contributed by atoms with E-state index in [0.29, 0.717) is 5.56 Å². The zero-order valence-corrected chi connectivity index (χ0v) is 16.9. The molecule has 28 heavy (non-hydrogen) atoms. The SMILES string of the molecule is Cc1cccc(C(=O)/C(C#N)=C/c2cc(C)n(-c3ccnn3C(C)C)c2C)c1. The average molecular weight is 372 g/mol. The maximum Gasteiger partial charge on any atom is 0.203 e. The van der Waals surface area contributed by atoms with Gasteiger partial charge in [0.15, 0.2) is 0 Å². The molecule has 0 radical (unpaired) electrons. The standard InChI is InChI=1S/C23H24N4O/c1-15(2)27-22(9-10-25-27)26-17(4)12-20(18(26)5)13-21(14-24)23(28)19-8-6-7-16(3)11-19/h6-13,15H,1-5H3/b21-13+. The van der Waals surface area contributed by atoms with Crippen LogP contribution in [0.5, 0.6) is 0 Å². The van der Waals surface area contributed by atoms with Gasteiger partial charge in [-0.15, -0.1) is 0 Å². The molecule has 0 aliphatic heterocycles. The van der Waals surface area contributed by atoms with E-state index < -0.39 is 0 Å². The van der Waals surface area contributed by atoms with Crippen LogP contribution in [0.2, 0.25) is 0 Å². The van der Waals surface area contributed by atoms with Gasteiger partial charge in [-0.2, -0.15) is 10.4 Å². The van der Waals surface area contributed by atoms with Crippen molar-refractivity contribution in [3.05, 3.63) is 76.2 Å². The minimum atomic E-state index is -0.261. The summed E-state index contributed by atoms with van der Waals surface area (Å²) < 4.78 is 4.06. The second-order valence-electron chi connectivity index (χ2n) is 7.26. The number of nitriles is 1. The second kappa shape index (κ2) is 7.69. The predicted molar refractivity (Wildman–Crippen MR) is 111 cm³/mol. The summed E-state index contributed by atoms with van der Waals surface area (Å²) >= 11 is 0. The molecular weight excluding hydrogens is 348 g/mol. The largest absolute Gasteiger partial charge is 0.303 e. The Kier molecular flexibility index (Phi) is 5.32. The molecule has 0 spiro atoms. The number of nitrogens with zero attached hydrogens (tertiary/aromatic N) is 4. The van der Waals surface area contributed by atoms with Crippen molar-refractivity contribution in [1.29, 1.82) is 5.26 Å². The van der Waals surface area contributed by atoms with Crippen molar-refractivity contribution in [2.75, 3.05) is 0 Å². The minimum Gasteiger partial charge on any atom is -0.303 e. The van der Waals surface area contributed by atoms with Crippen LogP contribution in [0, 0.1) is 32.1 Å². The third-order valence-electron chi connectivity index (χ3n) is 4.78. The number of aryl methyl sites for hydroxylation is 2. The Morgan fingerprint density at radius 1 is 1.18 bits per heavy atom. The summed E-state index contributed by atoms with van der Waals surface area (Å²) in [6, 6.07) is 13.6. The Morgan fingerprint density at radius 3 is 2.57 bits per heavy atom. The molecule has 0 bridgehead atoms. The number of carbonyl (C=O) groups excluding carboxylic acids is 1. The quantitative estimate of drug-likeness (QED) is 0.361. The summed E-state index contributed by atoms with van der Waals surface area (Å²) in [6.45, 7) is 10.1. The summed E-state index contributed by atoms with van der Waals surface area (Å²) in [7, 11) is 0. The number of ketones is 1. The van der Waals surface area contributed by atoms with Crippen molar-refractivity contribution in [2.24, 2.45) is 0 Å². The highest BCUT2D eigenvalue weighted by atomic mass is 16.1. The van der Waals surface area contributed by atoms with E-state index >= 15 is 0 Å². The Balaban J connectivity index is 2.06. The first-order valence-electron chi connectivity index (χ1n) is 9.29. The van der Waals surface area contributed by atoms with Crippen LogP contribution in [0.25, 0.3) is 11.9 Å². The first kappa shape index (κ1) is 19.4. The average Bonchev–Trinajstić information content (AvgIpc) is 3.23. The van der Waals surface area contributed by atoms with E-state index in [0.717, 1.165) is 28.3 Å². The number of hydrogen-bond acceptors (Lipinski definition) is 3. The van der Waals surface area contributed by atoms with Gasteiger partial charge in [0.1, 0.15) is 17.5 Å². The summed E-state index contributed by atoms with van der Waals surface area (Å²) in [5.74, 6) is 0.705. The molecule has 1 aromatic carbocycles. The van der Waals surface area contributed by atoms with Crippen LogP contribution in [0.3, 0.4) is 0 Å². The van der Waals surface area contributed by atoms with Crippen LogP contribution in [0.1, 0.15) is 52.8 Å². The van der Waals surface area contributed by atoms with Crippen molar-refractivity contribution in [3.8, 4) is 11.9 Å². The molecular formula is C23H24N4O. The van der Waals surface area contributed by atoms with Crippen molar-refractivity contribution in [3.63, 3.8) is 0 Å². The van der Waals surface area contributed by atoms with E-state index in [9.17, 15) is 10.1 Å². The minimum absolute atomic E-state index is 0.128. The van der Waals surface area contributed by atoms with Crippen molar-refractivity contribution < 1.29 is 4.79 Å². The zero-order valence-electron chi connectivity index (χ0n) is 16.9.